The first-order chi connectivity index (χ1) is 8.66. The Morgan fingerprint density at radius 1 is 1.44 bits per heavy atom. The van der Waals surface area contributed by atoms with E-state index in [1.54, 1.807) is 17.0 Å². The molecule has 98 valence electrons. The molecule has 2 N–H and O–H groups in total. The fraction of sp³-hybridized carbons (Fsp3) is 0.538. The zero-order valence-corrected chi connectivity index (χ0v) is 10.8. The van der Waals surface area contributed by atoms with Crippen LogP contribution in [0.25, 0.3) is 0 Å². The second kappa shape index (κ2) is 5.82. The summed E-state index contributed by atoms with van der Waals surface area (Å²) < 4.78 is 0. The van der Waals surface area contributed by atoms with Gasteiger partial charge in [0, 0.05) is 26.3 Å². The van der Waals surface area contributed by atoms with Crippen LogP contribution in [0.5, 0.6) is 0 Å². The highest BCUT2D eigenvalue weighted by Crippen LogP contribution is 2.08. The van der Waals surface area contributed by atoms with Crippen LogP contribution in [0.1, 0.15) is 23.2 Å². The Hall–Kier alpha value is -1.62. The maximum absolute atomic E-state index is 12.1. The van der Waals surface area contributed by atoms with E-state index in [1.165, 1.54) is 19.0 Å². The molecule has 0 spiro atoms. The molecule has 0 atom stereocenters. The van der Waals surface area contributed by atoms with Crippen molar-refractivity contribution in [2.45, 2.75) is 12.8 Å². The lowest BCUT2D eigenvalue weighted by Gasteiger charge is -2.21. The van der Waals surface area contributed by atoms with Crippen LogP contribution < -0.4 is 5.73 Å². The van der Waals surface area contributed by atoms with Gasteiger partial charge < -0.3 is 15.5 Å². The molecule has 5 heteroatoms. The van der Waals surface area contributed by atoms with Crippen molar-refractivity contribution in [3.63, 3.8) is 0 Å². The zero-order valence-electron chi connectivity index (χ0n) is 10.8. The molecule has 0 aliphatic carbocycles. The third kappa shape index (κ3) is 3.20. The van der Waals surface area contributed by atoms with Crippen molar-refractivity contribution in [1.29, 1.82) is 0 Å². The number of anilines is 1. The predicted molar refractivity (Wildman–Crippen MR) is 71.3 cm³/mol. The minimum absolute atomic E-state index is 0.00157. The van der Waals surface area contributed by atoms with Crippen molar-refractivity contribution in [1.82, 2.24) is 14.8 Å². The van der Waals surface area contributed by atoms with Crippen molar-refractivity contribution in [2.24, 2.45) is 0 Å². The topological polar surface area (TPSA) is 62.5 Å². The van der Waals surface area contributed by atoms with Gasteiger partial charge in [0.05, 0.1) is 5.56 Å². The molecule has 18 heavy (non-hydrogen) atoms. The molecular formula is C13H20N4O. The summed E-state index contributed by atoms with van der Waals surface area (Å²) in [5, 5.41) is 0. The molecule has 0 unspecified atom stereocenters. The van der Waals surface area contributed by atoms with Crippen LogP contribution in [0.15, 0.2) is 18.3 Å². The SMILES string of the molecule is CN(CCN1CCCC1)C(=O)c1ccc(N)nc1. The molecule has 1 aromatic rings. The number of nitrogens with two attached hydrogens (primary N) is 1. The smallest absolute Gasteiger partial charge is 0.255 e. The Morgan fingerprint density at radius 2 is 2.17 bits per heavy atom. The molecule has 5 nitrogen and oxygen atoms in total. The van der Waals surface area contributed by atoms with Gasteiger partial charge in [-0.25, -0.2) is 4.98 Å². The number of hydrogen-bond donors (Lipinski definition) is 1. The number of amides is 1. The van der Waals surface area contributed by atoms with Gasteiger partial charge in [-0.1, -0.05) is 0 Å². The number of carbonyl (C=O) groups is 1. The number of nitrogen functional groups attached to an aromatic ring is 1. The quantitative estimate of drug-likeness (QED) is 0.857. The highest BCUT2D eigenvalue weighted by molar-refractivity contribution is 5.93. The van der Waals surface area contributed by atoms with E-state index in [9.17, 15) is 4.79 Å². The summed E-state index contributed by atoms with van der Waals surface area (Å²) >= 11 is 0. The fourth-order valence-corrected chi connectivity index (χ4v) is 2.15. The second-order valence-corrected chi connectivity index (χ2v) is 4.75. The average molecular weight is 248 g/mol. The van der Waals surface area contributed by atoms with Gasteiger partial charge in [0.1, 0.15) is 5.82 Å². The lowest BCUT2D eigenvalue weighted by Crippen LogP contribution is -2.35. The summed E-state index contributed by atoms with van der Waals surface area (Å²) in [5.74, 6) is 0.438. The van der Waals surface area contributed by atoms with Crippen molar-refractivity contribution >= 4 is 11.7 Å². The average Bonchev–Trinajstić information content (AvgIpc) is 2.89. The zero-order chi connectivity index (χ0) is 13.0. The fourth-order valence-electron chi connectivity index (χ4n) is 2.15. The monoisotopic (exact) mass is 248 g/mol. The molecule has 1 aromatic heterocycles. The van der Waals surface area contributed by atoms with Crippen molar-refractivity contribution < 1.29 is 4.79 Å². The van der Waals surface area contributed by atoms with Gasteiger partial charge in [-0.2, -0.15) is 0 Å². The van der Waals surface area contributed by atoms with Gasteiger partial charge in [0.25, 0.3) is 5.91 Å². The van der Waals surface area contributed by atoms with Gasteiger partial charge in [-0.3, -0.25) is 4.79 Å². The van der Waals surface area contributed by atoms with Crippen LogP contribution in [0.4, 0.5) is 5.82 Å². The molecule has 1 fully saturated rings. The molecule has 1 amide bonds. The van der Waals surface area contributed by atoms with Crippen molar-refractivity contribution in [2.75, 3.05) is 39.0 Å². The maximum atomic E-state index is 12.1. The van der Waals surface area contributed by atoms with Gasteiger partial charge in [-0.05, 0) is 38.1 Å². The normalized spacial score (nSPS) is 15.8. The number of likely N-dealkylation sites (N-methyl/N-ethyl adjacent to an activating group) is 1. The Labute approximate surface area is 108 Å². The molecule has 0 aromatic carbocycles. The van der Waals surface area contributed by atoms with Gasteiger partial charge >= 0.3 is 0 Å². The first-order valence-corrected chi connectivity index (χ1v) is 6.36. The van der Waals surface area contributed by atoms with Gasteiger partial charge in [-0.15, -0.1) is 0 Å². The van der Waals surface area contributed by atoms with E-state index in [2.05, 4.69) is 9.88 Å². The minimum Gasteiger partial charge on any atom is -0.384 e. The highest BCUT2D eigenvalue weighted by Gasteiger charge is 2.15. The molecule has 0 saturated carbocycles. The van der Waals surface area contributed by atoms with Crippen LogP contribution in [0.3, 0.4) is 0 Å². The first-order valence-electron chi connectivity index (χ1n) is 6.36. The second-order valence-electron chi connectivity index (χ2n) is 4.75. The Morgan fingerprint density at radius 3 is 2.78 bits per heavy atom. The molecule has 0 bridgehead atoms. The molecule has 1 aliphatic rings. The lowest BCUT2D eigenvalue weighted by atomic mass is 10.2. The van der Waals surface area contributed by atoms with Crippen LogP contribution in [-0.2, 0) is 0 Å². The van der Waals surface area contributed by atoms with Crippen LogP contribution >= 0.6 is 0 Å². The van der Waals surface area contributed by atoms with E-state index < -0.39 is 0 Å². The Balaban J connectivity index is 1.85. The lowest BCUT2D eigenvalue weighted by molar-refractivity contribution is 0.0782. The number of carbonyl (C=O) groups excluding carboxylic acids is 1. The molecule has 2 rings (SSSR count). The number of rotatable bonds is 4. The Bertz CT molecular complexity index is 398. The summed E-state index contributed by atoms with van der Waals surface area (Å²) in [7, 11) is 1.83. The molecule has 1 aliphatic heterocycles. The third-order valence-corrected chi connectivity index (χ3v) is 3.33. The number of hydrogen-bond acceptors (Lipinski definition) is 4. The summed E-state index contributed by atoms with van der Waals surface area (Å²) in [5.41, 5.74) is 6.09. The number of pyridine rings is 1. The highest BCUT2D eigenvalue weighted by atomic mass is 16.2. The summed E-state index contributed by atoms with van der Waals surface area (Å²) in [6.45, 7) is 4.02. The van der Waals surface area contributed by atoms with Crippen LogP contribution in [-0.4, -0.2) is 53.9 Å². The summed E-state index contributed by atoms with van der Waals surface area (Å²) in [6.07, 6.45) is 4.09. The number of aromatic nitrogens is 1. The first kappa shape index (κ1) is 12.8. The minimum atomic E-state index is 0.00157. The number of nitrogens with zero attached hydrogens (tertiary/aromatic N) is 3. The Kier molecular flexibility index (Phi) is 4.15. The summed E-state index contributed by atoms with van der Waals surface area (Å²) in [4.78, 5) is 20.2. The largest absolute Gasteiger partial charge is 0.384 e. The van der Waals surface area contributed by atoms with Gasteiger partial charge in [0.15, 0.2) is 0 Å². The van der Waals surface area contributed by atoms with E-state index in [4.69, 9.17) is 5.73 Å². The van der Waals surface area contributed by atoms with Crippen LogP contribution in [0.2, 0.25) is 0 Å². The van der Waals surface area contributed by atoms with E-state index in [0.29, 0.717) is 11.4 Å². The summed E-state index contributed by atoms with van der Waals surface area (Å²) in [6, 6.07) is 3.37. The van der Waals surface area contributed by atoms with E-state index >= 15 is 0 Å². The molecule has 1 saturated heterocycles. The standard InChI is InChI=1S/C13H20N4O/c1-16(8-9-17-6-2-3-7-17)13(18)11-4-5-12(14)15-10-11/h4-5,10H,2-3,6-9H2,1H3,(H2,14,15). The van der Waals surface area contributed by atoms with E-state index in [1.807, 2.05) is 7.05 Å². The van der Waals surface area contributed by atoms with Gasteiger partial charge in [0.2, 0.25) is 0 Å². The maximum Gasteiger partial charge on any atom is 0.255 e. The van der Waals surface area contributed by atoms with Crippen molar-refractivity contribution in [3.05, 3.63) is 23.9 Å². The molecular weight excluding hydrogens is 228 g/mol. The predicted octanol–water partition coefficient (Wildman–Crippen LogP) is 0.832. The third-order valence-electron chi connectivity index (χ3n) is 3.33. The van der Waals surface area contributed by atoms with Crippen molar-refractivity contribution in [3.8, 4) is 0 Å². The molecule has 0 radical (unpaired) electrons. The van der Waals surface area contributed by atoms with E-state index in [-0.39, 0.29) is 5.91 Å². The van der Waals surface area contributed by atoms with Crippen LogP contribution in [0, 0.1) is 0 Å². The van der Waals surface area contributed by atoms with E-state index in [0.717, 1.165) is 26.2 Å². The number of likely N-dealkylation sites (tertiary alicyclic amines) is 1. The molecule has 2 heterocycles.